The lowest BCUT2D eigenvalue weighted by Crippen LogP contribution is -2.19. The van der Waals surface area contributed by atoms with Crippen molar-refractivity contribution < 1.29 is 9.53 Å². The van der Waals surface area contributed by atoms with Gasteiger partial charge in [0.25, 0.3) is 0 Å². The third kappa shape index (κ3) is 4.48. The van der Waals surface area contributed by atoms with E-state index in [0.717, 1.165) is 8.86 Å². The van der Waals surface area contributed by atoms with Crippen LogP contribution in [0, 0.1) is 0 Å². The Hall–Kier alpha value is 0.670. The fraction of sp³-hybridized carbons (Fsp3) is 0.500. The van der Waals surface area contributed by atoms with E-state index in [-0.39, 0.29) is 12.1 Å². The van der Waals surface area contributed by atoms with Crippen LogP contribution in [0.25, 0.3) is 0 Å². The summed E-state index contributed by atoms with van der Waals surface area (Å²) in [5.41, 5.74) is 0. The smallest absolute Gasteiger partial charge is 0.330 e. The summed E-state index contributed by atoms with van der Waals surface area (Å²) in [5.74, 6) is -0.335. The molecule has 0 aromatic carbocycles. The van der Waals surface area contributed by atoms with E-state index in [0.29, 0.717) is 0 Å². The minimum absolute atomic E-state index is 0.0340. The zero-order valence-electron chi connectivity index (χ0n) is 5.35. The molecule has 0 aliphatic rings. The highest BCUT2D eigenvalue weighted by atomic mass is 127. The molecule has 0 saturated carbocycles. The number of esters is 1. The van der Waals surface area contributed by atoms with Crippen molar-refractivity contribution in [3.05, 3.63) is 12.7 Å². The Morgan fingerprint density at radius 2 is 2.10 bits per heavy atom. The molecule has 0 aromatic heterocycles. The molecule has 0 bridgehead atoms. The highest BCUT2D eigenvalue weighted by Gasteiger charge is 2.07. The number of carbonyl (C=O) groups is 1. The Morgan fingerprint density at radius 1 is 1.60 bits per heavy atom. The minimum atomic E-state index is -0.335. The van der Waals surface area contributed by atoms with E-state index in [1.165, 1.54) is 6.08 Å². The Kier molecular flexibility index (Phi) is 6.81. The summed E-state index contributed by atoms with van der Waals surface area (Å²) in [4.78, 5) is 10.6. The third-order valence-corrected chi connectivity index (χ3v) is 2.76. The van der Waals surface area contributed by atoms with Crippen molar-refractivity contribution in [1.29, 1.82) is 0 Å². The molecule has 0 amide bonds. The van der Waals surface area contributed by atoms with Crippen LogP contribution in [-0.2, 0) is 9.53 Å². The molecule has 2 nitrogen and oxygen atoms in total. The molecule has 0 spiro atoms. The van der Waals surface area contributed by atoms with Gasteiger partial charge in [0.1, 0.15) is 6.10 Å². The molecule has 4 heteroatoms. The van der Waals surface area contributed by atoms with Crippen molar-refractivity contribution in [3.63, 3.8) is 0 Å². The van der Waals surface area contributed by atoms with Crippen LogP contribution in [0.4, 0.5) is 0 Å². The standard InChI is InChI=1S/C6H8I2O2/c1-2-6(9)10-5(3-7)4-8/h2,5H,1,3-4H2. The average Bonchev–Trinajstić information content (AvgIpc) is 1.99. The topological polar surface area (TPSA) is 26.3 Å². The molecule has 0 rings (SSSR count). The van der Waals surface area contributed by atoms with Gasteiger partial charge < -0.3 is 4.74 Å². The van der Waals surface area contributed by atoms with E-state index < -0.39 is 0 Å². The predicted octanol–water partition coefficient (Wildman–Crippen LogP) is 1.95. The van der Waals surface area contributed by atoms with E-state index in [1.54, 1.807) is 0 Å². The van der Waals surface area contributed by atoms with Crippen LogP contribution >= 0.6 is 45.2 Å². The molecule has 10 heavy (non-hydrogen) atoms. The van der Waals surface area contributed by atoms with Crippen LogP contribution in [0.15, 0.2) is 12.7 Å². The van der Waals surface area contributed by atoms with E-state index in [9.17, 15) is 4.79 Å². The van der Waals surface area contributed by atoms with Gasteiger partial charge in [0.15, 0.2) is 0 Å². The Morgan fingerprint density at radius 3 is 2.40 bits per heavy atom. The number of hydrogen-bond donors (Lipinski definition) is 0. The summed E-state index contributed by atoms with van der Waals surface area (Å²) in [5, 5.41) is 0. The van der Waals surface area contributed by atoms with Gasteiger partial charge in [0.2, 0.25) is 0 Å². The van der Waals surface area contributed by atoms with E-state index >= 15 is 0 Å². The molecule has 0 unspecified atom stereocenters. The summed E-state index contributed by atoms with van der Waals surface area (Å²) in [7, 11) is 0. The zero-order valence-corrected chi connectivity index (χ0v) is 9.66. The van der Waals surface area contributed by atoms with Gasteiger partial charge in [-0.15, -0.1) is 0 Å². The lowest BCUT2D eigenvalue weighted by Gasteiger charge is -2.09. The second-order valence-electron chi connectivity index (χ2n) is 1.57. The van der Waals surface area contributed by atoms with E-state index in [2.05, 4.69) is 51.8 Å². The lowest BCUT2D eigenvalue weighted by molar-refractivity contribution is -0.140. The number of carbonyl (C=O) groups excluding carboxylic acids is 1. The summed E-state index contributed by atoms with van der Waals surface area (Å²) in [6.07, 6.45) is 1.22. The first kappa shape index (κ1) is 10.7. The molecule has 0 aromatic rings. The maximum atomic E-state index is 10.6. The molecule has 58 valence electrons. The molecular weight excluding hydrogens is 358 g/mol. The van der Waals surface area contributed by atoms with Crippen LogP contribution in [0.1, 0.15) is 0 Å². The number of halogens is 2. The summed E-state index contributed by atoms with van der Waals surface area (Å²) in [6, 6.07) is 0. The SMILES string of the molecule is C=CC(=O)OC(CI)CI. The molecule has 0 aliphatic heterocycles. The van der Waals surface area contributed by atoms with Gasteiger partial charge in [-0.3, -0.25) is 0 Å². The lowest BCUT2D eigenvalue weighted by atomic mass is 10.5. The second kappa shape index (κ2) is 6.38. The average molecular weight is 366 g/mol. The highest BCUT2D eigenvalue weighted by molar-refractivity contribution is 14.1. The van der Waals surface area contributed by atoms with Crippen LogP contribution in [0.5, 0.6) is 0 Å². The van der Waals surface area contributed by atoms with Crippen molar-refractivity contribution >= 4 is 51.2 Å². The number of hydrogen-bond acceptors (Lipinski definition) is 2. The minimum Gasteiger partial charge on any atom is -0.458 e. The summed E-state index contributed by atoms with van der Waals surface area (Å²) >= 11 is 4.37. The van der Waals surface area contributed by atoms with E-state index in [1.807, 2.05) is 0 Å². The molecule has 0 saturated heterocycles. The van der Waals surface area contributed by atoms with Gasteiger partial charge in [-0.2, -0.15) is 0 Å². The van der Waals surface area contributed by atoms with Crippen molar-refractivity contribution in [2.24, 2.45) is 0 Å². The Balaban J connectivity index is 3.62. The summed E-state index contributed by atoms with van der Waals surface area (Å²) in [6.45, 7) is 3.30. The quantitative estimate of drug-likeness (QED) is 0.329. The molecule has 0 fully saturated rings. The molecule has 0 radical (unpaired) electrons. The van der Waals surface area contributed by atoms with Crippen LogP contribution in [0.2, 0.25) is 0 Å². The predicted molar refractivity (Wildman–Crippen MR) is 57.9 cm³/mol. The van der Waals surface area contributed by atoms with Gasteiger partial charge in [0.05, 0.1) is 0 Å². The maximum absolute atomic E-state index is 10.6. The number of alkyl halides is 2. The second-order valence-corrected chi connectivity index (χ2v) is 3.33. The summed E-state index contributed by atoms with van der Waals surface area (Å²) < 4.78 is 6.59. The molecule has 0 N–H and O–H groups in total. The van der Waals surface area contributed by atoms with Crippen molar-refractivity contribution in [1.82, 2.24) is 0 Å². The molecular formula is C6H8I2O2. The maximum Gasteiger partial charge on any atom is 0.330 e. The Bertz CT molecular complexity index is 121. The normalized spacial score (nSPS) is 9.50. The van der Waals surface area contributed by atoms with Gasteiger partial charge in [-0.05, 0) is 0 Å². The third-order valence-electron chi connectivity index (χ3n) is 0.794. The van der Waals surface area contributed by atoms with Crippen LogP contribution < -0.4 is 0 Å². The highest BCUT2D eigenvalue weighted by Crippen LogP contribution is 2.02. The fourth-order valence-electron chi connectivity index (χ4n) is 0.317. The first-order chi connectivity index (χ1) is 4.74. The first-order valence-electron chi connectivity index (χ1n) is 2.69. The van der Waals surface area contributed by atoms with Gasteiger partial charge in [-0.1, -0.05) is 51.8 Å². The monoisotopic (exact) mass is 366 g/mol. The van der Waals surface area contributed by atoms with Crippen LogP contribution in [0.3, 0.4) is 0 Å². The fourth-order valence-corrected chi connectivity index (χ4v) is 2.49. The van der Waals surface area contributed by atoms with Gasteiger partial charge in [0, 0.05) is 14.9 Å². The van der Waals surface area contributed by atoms with Crippen LogP contribution in [-0.4, -0.2) is 20.9 Å². The molecule has 0 aliphatic carbocycles. The van der Waals surface area contributed by atoms with Gasteiger partial charge in [-0.25, -0.2) is 4.79 Å². The molecule has 0 atom stereocenters. The van der Waals surface area contributed by atoms with E-state index in [4.69, 9.17) is 4.74 Å². The van der Waals surface area contributed by atoms with Crippen molar-refractivity contribution in [2.75, 3.05) is 8.86 Å². The number of rotatable bonds is 4. The number of ether oxygens (including phenoxy) is 1. The first-order valence-corrected chi connectivity index (χ1v) is 5.74. The molecule has 0 heterocycles. The largest absolute Gasteiger partial charge is 0.458 e. The van der Waals surface area contributed by atoms with Gasteiger partial charge >= 0.3 is 5.97 Å². The Labute approximate surface area is 87.7 Å². The van der Waals surface area contributed by atoms with Crippen molar-refractivity contribution in [3.8, 4) is 0 Å². The van der Waals surface area contributed by atoms with Crippen molar-refractivity contribution in [2.45, 2.75) is 6.10 Å². The zero-order chi connectivity index (χ0) is 7.98.